The second-order valence-electron chi connectivity index (χ2n) is 5.63. The molecule has 7 heteroatoms. The minimum absolute atomic E-state index is 0. The Morgan fingerprint density at radius 2 is 2.19 bits per heavy atom. The standard InChI is InChI=1S/C14H21N3OS.2ClH/c18-14(15-6-5-11-8-19-9-16-11)13-7-10-3-1-2-4-12(10)17-13;;/h8-10,12-13,17H,1-7H2,(H,15,18);2*1H. The fourth-order valence-corrected chi connectivity index (χ4v) is 3.91. The van der Waals surface area contributed by atoms with Gasteiger partial charge >= 0.3 is 0 Å². The summed E-state index contributed by atoms with van der Waals surface area (Å²) in [6.07, 6.45) is 7.03. The molecule has 2 fully saturated rings. The number of thiazole rings is 1. The van der Waals surface area contributed by atoms with Crippen LogP contribution in [0.5, 0.6) is 0 Å². The molecule has 4 nitrogen and oxygen atoms in total. The van der Waals surface area contributed by atoms with Gasteiger partial charge in [0.25, 0.3) is 0 Å². The zero-order valence-electron chi connectivity index (χ0n) is 11.9. The van der Waals surface area contributed by atoms with Crippen molar-refractivity contribution in [1.82, 2.24) is 15.6 Å². The lowest BCUT2D eigenvalue weighted by molar-refractivity contribution is -0.122. The molecule has 21 heavy (non-hydrogen) atoms. The van der Waals surface area contributed by atoms with Gasteiger partial charge in [0, 0.05) is 24.4 Å². The summed E-state index contributed by atoms with van der Waals surface area (Å²) >= 11 is 1.60. The van der Waals surface area contributed by atoms with Crippen LogP contribution in [-0.4, -0.2) is 29.5 Å². The average Bonchev–Trinajstić information content (AvgIpc) is 3.07. The summed E-state index contributed by atoms with van der Waals surface area (Å²) < 4.78 is 0. The number of halogens is 2. The van der Waals surface area contributed by atoms with Crippen LogP contribution in [-0.2, 0) is 11.2 Å². The van der Waals surface area contributed by atoms with E-state index >= 15 is 0 Å². The first-order valence-corrected chi connectivity index (χ1v) is 8.18. The van der Waals surface area contributed by atoms with Crippen molar-refractivity contribution in [3.8, 4) is 0 Å². The van der Waals surface area contributed by atoms with Gasteiger partial charge in [-0.25, -0.2) is 4.98 Å². The molecule has 0 bridgehead atoms. The highest BCUT2D eigenvalue weighted by atomic mass is 35.5. The number of amides is 1. The first-order valence-electron chi connectivity index (χ1n) is 7.24. The molecule has 0 radical (unpaired) electrons. The third-order valence-electron chi connectivity index (χ3n) is 4.34. The van der Waals surface area contributed by atoms with Gasteiger partial charge in [-0.1, -0.05) is 12.8 Å². The van der Waals surface area contributed by atoms with Crippen molar-refractivity contribution in [3.63, 3.8) is 0 Å². The van der Waals surface area contributed by atoms with Gasteiger partial charge in [0.2, 0.25) is 5.91 Å². The summed E-state index contributed by atoms with van der Waals surface area (Å²) in [7, 11) is 0. The number of aromatic nitrogens is 1. The maximum atomic E-state index is 12.1. The molecule has 2 heterocycles. The van der Waals surface area contributed by atoms with Crippen molar-refractivity contribution in [2.45, 2.75) is 50.6 Å². The van der Waals surface area contributed by atoms with E-state index in [1.54, 1.807) is 11.3 Å². The molecule has 1 aromatic rings. The number of nitrogens with zero attached hydrogens (tertiary/aromatic N) is 1. The van der Waals surface area contributed by atoms with Crippen molar-refractivity contribution in [2.24, 2.45) is 5.92 Å². The Morgan fingerprint density at radius 1 is 1.38 bits per heavy atom. The molecule has 1 aliphatic carbocycles. The predicted molar refractivity (Wildman–Crippen MR) is 90.6 cm³/mol. The Morgan fingerprint density at radius 3 is 2.90 bits per heavy atom. The van der Waals surface area contributed by atoms with Gasteiger partial charge in [0.1, 0.15) is 0 Å². The normalized spacial score (nSPS) is 27.1. The molecule has 1 saturated carbocycles. The third kappa shape index (κ3) is 4.81. The van der Waals surface area contributed by atoms with Gasteiger partial charge in [-0.2, -0.15) is 0 Å². The molecular weight excluding hydrogens is 329 g/mol. The van der Waals surface area contributed by atoms with E-state index in [0.717, 1.165) is 24.5 Å². The zero-order valence-corrected chi connectivity index (χ0v) is 14.4. The minimum atomic E-state index is 0. The molecule has 3 atom stereocenters. The molecule has 0 spiro atoms. The Balaban J connectivity index is 0.00000110. The van der Waals surface area contributed by atoms with E-state index in [1.807, 2.05) is 10.9 Å². The van der Waals surface area contributed by atoms with E-state index in [9.17, 15) is 4.79 Å². The van der Waals surface area contributed by atoms with Gasteiger partial charge < -0.3 is 10.6 Å². The minimum Gasteiger partial charge on any atom is -0.354 e. The number of hydrogen-bond donors (Lipinski definition) is 2. The lowest BCUT2D eigenvalue weighted by Crippen LogP contribution is -2.43. The maximum Gasteiger partial charge on any atom is 0.237 e. The lowest BCUT2D eigenvalue weighted by atomic mass is 9.85. The van der Waals surface area contributed by atoms with Gasteiger partial charge in [-0.15, -0.1) is 36.2 Å². The number of nitrogens with one attached hydrogen (secondary N) is 2. The van der Waals surface area contributed by atoms with E-state index in [4.69, 9.17) is 0 Å². The Kier molecular flexibility index (Phi) is 7.95. The van der Waals surface area contributed by atoms with Crippen molar-refractivity contribution in [3.05, 3.63) is 16.6 Å². The van der Waals surface area contributed by atoms with Gasteiger partial charge in [-0.05, 0) is 25.2 Å². The van der Waals surface area contributed by atoms with E-state index in [-0.39, 0.29) is 36.8 Å². The molecule has 1 aliphatic heterocycles. The SMILES string of the molecule is Cl.Cl.O=C(NCCc1cscn1)C1CC2CCCCC2N1. The van der Waals surface area contributed by atoms with Crippen LogP contribution in [0.4, 0.5) is 0 Å². The molecule has 2 aliphatic rings. The number of rotatable bonds is 4. The Hall–Kier alpha value is -0.360. The molecule has 3 unspecified atom stereocenters. The average molecular weight is 352 g/mol. The smallest absolute Gasteiger partial charge is 0.237 e. The largest absolute Gasteiger partial charge is 0.354 e. The van der Waals surface area contributed by atoms with Crippen molar-refractivity contribution >= 4 is 42.1 Å². The van der Waals surface area contributed by atoms with E-state index in [0.29, 0.717) is 12.6 Å². The first-order chi connectivity index (χ1) is 9.33. The topological polar surface area (TPSA) is 54.0 Å². The highest BCUT2D eigenvalue weighted by Crippen LogP contribution is 2.33. The second kappa shape index (κ2) is 8.93. The Labute approximate surface area is 142 Å². The van der Waals surface area contributed by atoms with Gasteiger partial charge in [0.05, 0.1) is 17.2 Å². The highest BCUT2D eigenvalue weighted by molar-refractivity contribution is 7.07. The zero-order chi connectivity index (χ0) is 13.1. The number of carbonyl (C=O) groups is 1. The second-order valence-corrected chi connectivity index (χ2v) is 6.35. The van der Waals surface area contributed by atoms with Crippen molar-refractivity contribution < 1.29 is 4.79 Å². The first kappa shape index (κ1) is 18.7. The number of carbonyl (C=O) groups excluding carboxylic acids is 1. The van der Waals surface area contributed by atoms with Crippen LogP contribution < -0.4 is 10.6 Å². The number of fused-ring (bicyclic) bond motifs is 1. The number of hydrogen-bond acceptors (Lipinski definition) is 4. The molecule has 1 saturated heterocycles. The van der Waals surface area contributed by atoms with E-state index in [1.165, 1.54) is 25.7 Å². The quantitative estimate of drug-likeness (QED) is 0.876. The summed E-state index contributed by atoms with van der Waals surface area (Å²) in [5.41, 5.74) is 2.90. The van der Waals surface area contributed by atoms with Crippen LogP contribution in [0.3, 0.4) is 0 Å². The molecule has 0 aromatic carbocycles. The third-order valence-corrected chi connectivity index (χ3v) is 4.98. The van der Waals surface area contributed by atoms with Crippen molar-refractivity contribution in [2.75, 3.05) is 6.54 Å². The molecular formula is C14H23Cl2N3OS. The molecule has 120 valence electrons. The lowest BCUT2D eigenvalue weighted by Gasteiger charge is -2.24. The van der Waals surface area contributed by atoms with E-state index in [2.05, 4.69) is 15.6 Å². The van der Waals surface area contributed by atoms with Crippen LogP contribution in [0.2, 0.25) is 0 Å². The summed E-state index contributed by atoms with van der Waals surface area (Å²) in [6, 6.07) is 0.617. The summed E-state index contributed by atoms with van der Waals surface area (Å²) in [5, 5.41) is 8.58. The van der Waals surface area contributed by atoms with Crippen LogP contribution in [0, 0.1) is 5.92 Å². The maximum absolute atomic E-state index is 12.1. The molecule has 1 aromatic heterocycles. The molecule has 1 amide bonds. The van der Waals surface area contributed by atoms with Crippen LogP contribution in [0.15, 0.2) is 10.9 Å². The van der Waals surface area contributed by atoms with Crippen molar-refractivity contribution in [1.29, 1.82) is 0 Å². The molecule has 2 N–H and O–H groups in total. The van der Waals surface area contributed by atoms with E-state index < -0.39 is 0 Å². The molecule has 3 rings (SSSR count). The summed E-state index contributed by atoms with van der Waals surface area (Å²) in [5.74, 6) is 0.896. The fraction of sp³-hybridized carbons (Fsp3) is 0.714. The summed E-state index contributed by atoms with van der Waals surface area (Å²) in [6.45, 7) is 0.691. The summed E-state index contributed by atoms with van der Waals surface area (Å²) in [4.78, 5) is 16.3. The van der Waals surface area contributed by atoms with Crippen LogP contribution in [0.25, 0.3) is 0 Å². The van der Waals surface area contributed by atoms with Gasteiger partial charge in [0.15, 0.2) is 0 Å². The predicted octanol–water partition coefficient (Wildman–Crippen LogP) is 2.57. The van der Waals surface area contributed by atoms with Crippen LogP contribution in [0.1, 0.15) is 37.8 Å². The monoisotopic (exact) mass is 351 g/mol. The van der Waals surface area contributed by atoms with Crippen LogP contribution >= 0.6 is 36.2 Å². The Bertz CT molecular complexity index is 416. The van der Waals surface area contributed by atoms with Gasteiger partial charge in [-0.3, -0.25) is 4.79 Å². The highest BCUT2D eigenvalue weighted by Gasteiger charge is 2.37. The fourth-order valence-electron chi connectivity index (χ4n) is 3.32.